The highest BCUT2D eigenvalue weighted by atomic mass is 16.6. The molecule has 1 aliphatic rings. The van der Waals surface area contributed by atoms with Crippen LogP contribution < -0.4 is 10.6 Å². The molecule has 0 bridgehead atoms. The maximum absolute atomic E-state index is 13.0. The zero-order valence-corrected chi connectivity index (χ0v) is 37.2. The molecule has 18 heteroatoms. The van der Waals surface area contributed by atoms with Crippen LogP contribution in [0.4, 0.5) is 9.59 Å². The summed E-state index contributed by atoms with van der Waals surface area (Å²) in [6.45, 7) is 24.9. The third-order valence-corrected chi connectivity index (χ3v) is 9.26. The Labute approximate surface area is 363 Å². The predicted octanol–water partition coefficient (Wildman–Crippen LogP) is 5.01. The molecule has 2 amide bonds. The van der Waals surface area contributed by atoms with Crippen molar-refractivity contribution >= 4 is 48.0 Å². The molecule has 1 fully saturated rings. The van der Waals surface area contributed by atoms with Gasteiger partial charge in [-0.25, -0.2) is 33.6 Å². The number of rotatable bonds is 26. The average Bonchev–Trinajstić information content (AvgIpc) is 3.22. The Morgan fingerprint density at radius 1 is 0.468 bits per heavy atom. The van der Waals surface area contributed by atoms with Gasteiger partial charge < -0.3 is 48.5 Å². The highest BCUT2D eigenvalue weighted by Gasteiger charge is 2.40. The van der Waals surface area contributed by atoms with Crippen LogP contribution in [0.3, 0.4) is 0 Å². The number of hydrogen-bond acceptors (Lipinski definition) is 16. The van der Waals surface area contributed by atoms with Crippen LogP contribution in [0.5, 0.6) is 0 Å². The van der Waals surface area contributed by atoms with E-state index in [0.717, 1.165) is 19.3 Å². The summed E-state index contributed by atoms with van der Waals surface area (Å²) < 4.78 is 43.2. The Balaban J connectivity index is 2.98. The van der Waals surface area contributed by atoms with Crippen molar-refractivity contribution in [2.75, 3.05) is 65.9 Å². The lowest BCUT2D eigenvalue weighted by atomic mass is 9.81. The van der Waals surface area contributed by atoms with E-state index < -0.39 is 118 Å². The summed E-state index contributed by atoms with van der Waals surface area (Å²) in [5, 5.41) is 5.45. The summed E-state index contributed by atoms with van der Waals surface area (Å²) in [7, 11) is 0. The van der Waals surface area contributed by atoms with Crippen LogP contribution in [0.25, 0.3) is 0 Å². The Hall–Kier alpha value is -5.94. The van der Waals surface area contributed by atoms with Gasteiger partial charge in [-0.1, -0.05) is 53.2 Å². The van der Waals surface area contributed by atoms with Gasteiger partial charge in [-0.2, -0.15) is 0 Å². The summed E-state index contributed by atoms with van der Waals surface area (Å²) in [6.07, 6.45) is 1.26. The number of amides is 2. The molecule has 1 rings (SSSR count). The molecule has 0 aromatic carbocycles. The van der Waals surface area contributed by atoms with E-state index in [4.69, 9.17) is 37.9 Å². The minimum Gasteiger partial charge on any atom is -0.464 e. The fourth-order valence-electron chi connectivity index (χ4n) is 5.37. The Morgan fingerprint density at radius 2 is 0.726 bits per heavy atom. The van der Waals surface area contributed by atoms with Crippen LogP contribution in [0.15, 0.2) is 60.8 Å². The molecule has 0 aromatic rings. The van der Waals surface area contributed by atoms with Gasteiger partial charge >= 0.3 is 48.0 Å². The van der Waals surface area contributed by atoms with Crippen molar-refractivity contribution in [3.63, 3.8) is 0 Å². The number of hydrogen-bond donors (Lipinski definition) is 2. The summed E-state index contributed by atoms with van der Waals surface area (Å²) in [6, 6.07) is 0. The van der Waals surface area contributed by atoms with Crippen molar-refractivity contribution in [1.82, 2.24) is 10.6 Å². The number of carbonyl (C=O) groups excluding carboxylic acids is 8. The van der Waals surface area contributed by atoms with E-state index in [9.17, 15) is 38.4 Å². The third kappa shape index (κ3) is 20.5. The van der Waals surface area contributed by atoms with E-state index in [2.05, 4.69) is 43.5 Å². The minimum atomic E-state index is -1.52. The second kappa shape index (κ2) is 26.4. The van der Waals surface area contributed by atoms with E-state index in [1.807, 2.05) is 0 Å². The van der Waals surface area contributed by atoms with Gasteiger partial charge in [-0.3, -0.25) is 4.79 Å². The molecule has 0 aliphatic heterocycles. The van der Waals surface area contributed by atoms with Gasteiger partial charge in [0.15, 0.2) is 0 Å². The number of nitrogens with one attached hydrogen (secondary N) is 2. The SMILES string of the molecule is C=C(C)C(=O)OCC(COC(=O)NCC1CCC[C@@H](CNC(=O)OCC(COC(=O)C(=C)C)(COC(=O)C(=C)C)COC(=O)C(C)C)C1)(COC(=O)C(=C)C)COC(=O)C(=C)C. The summed E-state index contributed by atoms with van der Waals surface area (Å²) in [4.78, 5) is 100.0. The quantitative estimate of drug-likeness (QED) is 0.0660. The van der Waals surface area contributed by atoms with Crippen LogP contribution in [-0.4, -0.2) is 114 Å². The molecule has 18 nitrogen and oxygen atoms in total. The fraction of sp³-hybridized carbons (Fsp3) is 0.591. The molecular formula is C44H64N2O16. The van der Waals surface area contributed by atoms with E-state index in [1.54, 1.807) is 13.8 Å². The van der Waals surface area contributed by atoms with Gasteiger partial charge in [0.25, 0.3) is 0 Å². The van der Waals surface area contributed by atoms with Crippen molar-refractivity contribution in [2.45, 2.75) is 74.1 Å². The van der Waals surface area contributed by atoms with E-state index in [0.29, 0.717) is 6.42 Å². The zero-order valence-electron chi connectivity index (χ0n) is 37.2. The summed E-state index contributed by atoms with van der Waals surface area (Å²) in [5.41, 5.74) is -2.58. The zero-order chi connectivity index (χ0) is 47.2. The lowest BCUT2D eigenvalue weighted by Crippen LogP contribution is -2.45. The van der Waals surface area contributed by atoms with E-state index in [1.165, 1.54) is 34.6 Å². The molecule has 1 aliphatic carbocycles. The number of esters is 6. The smallest absolute Gasteiger partial charge is 0.407 e. The van der Waals surface area contributed by atoms with Crippen LogP contribution in [0, 0.1) is 28.6 Å². The molecule has 346 valence electrons. The lowest BCUT2D eigenvalue weighted by Gasteiger charge is -2.32. The Bertz CT molecular complexity index is 1610. The monoisotopic (exact) mass is 876 g/mol. The minimum absolute atomic E-state index is 0.00873. The molecule has 2 N–H and O–H groups in total. The van der Waals surface area contributed by atoms with Gasteiger partial charge in [0.1, 0.15) is 63.7 Å². The van der Waals surface area contributed by atoms with Gasteiger partial charge in [0, 0.05) is 41.0 Å². The van der Waals surface area contributed by atoms with Crippen molar-refractivity contribution in [3.05, 3.63) is 60.8 Å². The second-order valence-electron chi connectivity index (χ2n) is 16.4. The molecule has 0 radical (unpaired) electrons. The van der Waals surface area contributed by atoms with Crippen molar-refractivity contribution < 1.29 is 76.3 Å². The van der Waals surface area contributed by atoms with Crippen molar-refractivity contribution in [3.8, 4) is 0 Å². The molecule has 0 spiro atoms. The summed E-state index contributed by atoms with van der Waals surface area (Å²) >= 11 is 0. The standard InChI is InChI=1S/C44H64N2O16/c1-27(2)35(47)55-19-43(20-56-36(48)28(3)4,21-57-37(49)29(5)6)25-61-41(53)45-17-33-14-13-15-34(16-33)18-46-42(54)62-26-44(22-58-38(50)30(7)8,23-59-39(51)31(9)10)24-60-40(52)32(11)12/h32-34H,1,3,5,7,9,13-26H2,2,4,6,8,10-12H3,(H,45,53)(H,46,54)/t33?,34-/m1/s1. The second-order valence-corrected chi connectivity index (χ2v) is 16.4. The van der Waals surface area contributed by atoms with E-state index >= 15 is 0 Å². The topological polar surface area (TPSA) is 234 Å². The van der Waals surface area contributed by atoms with E-state index in [-0.39, 0.29) is 52.8 Å². The van der Waals surface area contributed by atoms with Gasteiger partial charge in [0.2, 0.25) is 0 Å². The number of ether oxygens (including phenoxy) is 8. The Morgan fingerprint density at radius 3 is 0.984 bits per heavy atom. The highest BCUT2D eigenvalue weighted by Crippen LogP contribution is 2.29. The van der Waals surface area contributed by atoms with Crippen molar-refractivity contribution in [1.29, 1.82) is 0 Å². The molecule has 2 atom stereocenters. The largest absolute Gasteiger partial charge is 0.464 e. The van der Waals surface area contributed by atoms with Crippen molar-refractivity contribution in [2.24, 2.45) is 28.6 Å². The normalized spacial score (nSPS) is 14.8. The molecular weight excluding hydrogens is 812 g/mol. The van der Waals surface area contributed by atoms with Crippen LogP contribution >= 0.6 is 0 Å². The maximum Gasteiger partial charge on any atom is 0.407 e. The molecule has 0 saturated heterocycles. The maximum atomic E-state index is 13.0. The number of alkyl carbamates (subject to hydrolysis) is 2. The van der Waals surface area contributed by atoms with Gasteiger partial charge in [-0.05, 0) is 65.7 Å². The first-order valence-electron chi connectivity index (χ1n) is 20.0. The average molecular weight is 877 g/mol. The Kier molecular flexibility index (Phi) is 23.0. The first-order chi connectivity index (χ1) is 28.9. The van der Waals surface area contributed by atoms with Gasteiger partial charge in [-0.15, -0.1) is 0 Å². The number of carbonyl (C=O) groups is 8. The summed E-state index contributed by atoms with van der Waals surface area (Å²) in [5.74, 6) is -4.94. The van der Waals surface area contributed by atoms with Gasteiger partial charge in [0.05, 0.1) is 5.92 Å². The highest BCUT2D eigenvalue weighted by molar-refractivity contribution is 5.89. The predicted molar refractivity (Wildman–Crippen MR) is 224 cm³/mol. The molecule has 0 aromatic heterocycles. The lowest BCUT2D eigenvalue weighted by molar-refractivity contribution is -0.165. The first-order valence-corrected chi connectivity index (χ1v) is 20.0. The third-order valence-electron chi connectivity index (χ3n) is 9.26. The molecule has 62 heavy (non-hydrogen) atoms. The molecule has 1 saturated carbocycles. The fourth-order valence-corrected chi connectivity index (χ4v) is 5.37. The molecule has 0 heterocycles. The van der Waals surface area contributed by atoms with Crippen LogP contribution in [0.1, 0.15) is 74.1 Å². The molecule has 1 unspecified atom stereocenters. The van der Waals surface area contributed by atoms with Crippen LogP contribution in [-0.2, 0) is 66.7 Å². The van der Waals surface area contributed by atoms with Crippen LogP contribution in [0.2, 0.25) is 0 Å². The first kappa shape index (κ1) is 54.1.